The van der Waals surface area contributed by atoms with Crippen LogP contribution in [-0.2, 0) is 0 Å². The monoisotopic (exact) mass is 216 g/mol. The van der Waals surface area contributed by atoms with Crippen LogP contribution in [0.4, 0.5) is 5.69 Å². The van der Waals surface area contributed by atoms with Crippen molar-refractivity contribution in [3.8, 4) is 0 Å². The maximum atomic E-state index is 11.7. The second-order valence-corrected chi connectivity index (χ2v) is 4.17. The van der Waals surface area contributed by atoms with Gasteiger partial charge in [0.25, 0.3) is 0 Å². The standard InChI is InChI=1S/C13H16N2O/c1-3-4-12(16)11-7-9-5-8(2)6-10(14)13(9)15-11/h5-7,15H,3-4,14H2,1-2H3. The van der Waals surface area contributed by atoms with Crippen LogP contribution in [-0.4, -0.2) is 10.8 Å². The minimum Gasteiger partial charge on any atom is -0.397 e. The van der Waals surface area contributed by atoms with Crippen LogP contribution in [0.3, 0.4) is 0 Å². The lowest BCUT2D eigenvalue weighted by molar-refractivity contribution is 0.0978. The van der Waals surface area contributed by atoms with E-state index in [0.717, 1.165) is 22.9 Å². The smallest absolute Gasteiger partial charge is 0.179 e. The molecule has 0 atom stereocenters. The number of fused-ring (bicyclic) bond motifs is 1. The molecule has 0 bridgehead atoms. The van der Waals surface area contributed by atoms with Crippen molar-refractivity contribution in [2.24, 2.45) is 0 Å². The van der Waals surface area contributed by atoms with Gasteiger partial charge in [-0.1, -0.05) is 6.92 Å². The van der Waals surface area contributed by atoms with Crippen molar-refractivity contribution in [2.45, 2.75) is 26.7 Å². The molecule has 0 radical (unpaired) electrons. The molecule has 3 heteroatoms. The Morgan fingerprint density at radius 2 is 2.12 bits per heavy atom. The van der Waals surface area contributed by atoms with E-state index in [2.05, 4.69) is 4.98 Å². The molecule has 0 aliphatic rings. The van der Waals surface area contributed by atoms with Crippen LogP contribution in [0, 0.1) is 6.92 Å². The third kappa shape index (κ3) is 1.81. The van der Waals surface area contributed by atoms with Crippen molar-refractivity contribution in [3.63, 3.8) is 0 Å². The molecule has 3 N–H and O–H groups in total. The maximum absolute atomic E-state index is 11.7. The van der Waals surface area contributed by atoms with Crippen LogP contribution < -0.4 is 5.73 Å². The summed E-state index contributed by atoms with van der Waals surface area (Å²) in [5.74, 6) is 0.149. The predicted molar refractivity (Wildman–Crippen MR) is 66.7 cm³/mol. The highest BCUT2D eigenvalue weighted by Gasteiger charge is 2.10. The largest absolute Gasteiger partial charge is 0.397 e. The average molecular weight is 216 g/mol. The van der Waals surface area contributed by atoms with Gasteiger partial charge in [0.15, 0.2) is 5.78 Å². The minimum atomic E-state index is 0.149. The van der Waals surface area contributed by atoms with Crippen LogP contribution in [0.1, 0.15) is 35.8 Å². The van der Waals surface area contributed by atoms with Crippen molar-refractivity contribution in [3.05, 3.63) is 29.5 Å². The molecule has 1 aromatic carbocycles. The molecule has 1 heterocycles. The van der Waals surface area contributed by atoms with Crippen LogP contribution in [0.25, 0.3) is 10.9 Å². The van der Waals surface area contributed by atoms with Crippen molar-refractivity contribution in [1.29, 1.82) is 0 Å². The third-order valence-electron chi connectivity index (χ3n) is 2.68. The fourth-order valence-electron chi connectivity index (χ4n) is 1.94. The summed E-state index contributed by atoms with van der Waals surface area (Å²) in [5, 5.41) is 1.01. The Bertz CT molecular complexity index is 540. The molecule has 1 aromatic heterocycles. The van der Waals surface area contributed by atoms with Gasteiger partial charge in [-0.25, -0.2) is 0 Å². The van der Waals surface area contributed by atoms with Gasteiger partial charge in [0.1, 0.15) is 0 Å². The van der Waals surface area contributed by atoms with Gasteiger partial charge in [0.05, 0.1) is 16.9 Å². The fourth-order valence-corrected chi connectivity index (χ4v) is 1.94. The predicted octanol–water partition coefficient (Wildman–Crippen LogP) is 3.04. The Hall–Kier alpha value is -1.77. The van der Waals surface area contributed by atoms with Crippen LogP contribution in [0.15, 0.2) is 18.2 Å². The molecule has 16 heavy (non-hydrogen) atoms. The first-order valence-corrected chi connectivity index (χ1v) is 5.54. The third-order valence-corrected chi connectivity index (χ3v) is 2.68. The lowest BCUT2D eigenvalue weighted by atomic mass is 10.1. The first-order chi connectivity index (χ1) is 7.61. The van der Waals surface area contributed by atoms with E-state index in [1.54, 1.807) is 0 Å². The van der Waals surface area contributed by atoms with Crippen LogP contribution in [0.5, 0.6) is 0 Å². The molecule has 0 amide bonds. The Morgan fingerprint density at radius 1 is 1.38 bits per heavy atom. The summed E-state index contributed by atoms with van der Waals surface area (Å²) in [6, 6.07) is 5.83. The molecule has 0 aliphatic heterocycles. The molecule has 2 rings (SSSR count). The number of aryl methyl sites for hydroxylation is 1. The van der Waals surface area contributed by atoms with E-state index in [1.165, 1.54) is 0 Å². The summed E-state index contributed by atoms with van der Waals surface area (Å²) >= 11 is 0. The van der Waals surface area contributed by atoms with Crippen molar-refractivity contribution in [2.75, 3.05) is 5.73 Å². The molecule has 0 aliphatic carbocycles. The highest BCUT2D eigenvalue weighted by Crippen LogP contribution is 2.24. The number of nitrogens with two attached hydrogens (primary N) is 1. The van der Waals surface area contributed by atoms with E-state index in [9.17, 15) is 4.79 Å². The van der Waals surface area contributed by atoms with Crippen molar-refractivity contribution in [1.82, 2.24) is 4.98 Å². The zero-order chi connectivity index (χ0) is 11.7. The van der Waals surface area contributed by atoms with Gasteiger partial charge < -0.3 is 10.7 Å². The number of anilines is 1. The molecule has 3 nitrogen and oxygen atoms in total. The molecule has 2 aromatic rings. The first kappa shape index (κ1) is 10.7. The SMILES string of the molecule is CCCC(=O)c1cc2cc(C)cc(N)c2[nH]1. The highest BCUT2D eigenvalue weighted by atomic mass is 16.1. The number of ketones is 1. The van der Waals surface area contributed by atoms with Crippen molar-refractivity contribution >= 4 is 22.4 Å². The number of benzene rings is 1. The quantitative estimate of drug-likeness (QED) is 0.612. The summed E-state index contributed by atoms with van der Waals surface area (Å²) < 4.78 is 0. The number of rotatable bonds is 3. The van der Waals surface area contributed by atoms with Gasteiger partial charge in [-0.2, -0.15) is 0 Å². The zero-order valence-electron chi connectivity index (χ0n) is 9.63. The van der Waals surface area contributed by atoms with E-state index in [-0.39, 0.29) is 5.78 Å². The van der Waals surface area contributed by atoms with Gasteiger partial charge in [-0.3, -0.25) is 4.79 Å². The van der Waals surface area contributed by atoms with Crippen molar-refractivity contribution < 1.29 is 4.79 Å². The maximum Gasteiger partial charge on any atom is 0.179 e. The van der Waals surface area contributed by atoms with Gasteiger partial charge in [0, 0.05) is 11.8 Å². The lowest BCUT2D eigenvalue weighted by Crippen LogP contribution is -1.97. The molecule has 84 valence electrons. The Morgan fingerprint density at radius 3 is 2.81 bits per heavy atom. The number of aromatic nitrogens is 1. The number of nitrogens with one attached hydrogen (secondary N) is 1. The van der Waals surface area contributed by atoms with E-state index >= 15 is 0 Å². The summed E-state index contributed by atoms with van der Waals surface area (Å²) in [4.78, 5) is 14.8. The number of H-pyrrole nitrogens is 1. The summed E-state index contributed by atoms with van der Waals surface area (Å²) in [6.45, 7) is 4.00. The zero-order valence-corrected chi connectivity index (χ0v) is 9.63. The molecule has 0 saturated heterocycles. The average Bonchev–Trinajstić information content (AvgIpc) is 2.62. The Kier molecular flexibility index (Phi) is 2.69. The second-order valence-electron chi connectivity index (χ2n) is 4.17. The van der Waals surface area contributed by atoms with Crippen LogP contribution >= 0.6 is 0 Å². The lowest BCUT2D eigenvalue weighted by Gasteiger charge is -1.98. The van der Waals surface area contributed by atoms with Gasteiger partial charge in [0.2, 0.25) is 0 Å². The van der Waals surface area contributed by atoms with E-state index in [0.29, 0.717) is 17.8 Å². The van der Waals surface area contributed by atoms with Crippen LogP contribution in [0.2, 0.25) is 0 Å². The number of hydrogen-bond acceptors (Lipinski definition) is 2. The molecule has 0 fully saturated rings. The minimum absolute atomic E-state index is 0.149. The summed E-state index contributed by atoms with van der Waals surface area (Å²) in [5.41, 5.74) is 9.24. The second kappa shape index (κ2) is 4.00. The highest BCUT2D eigenvalue weighted by molar-refractivity contribution is 6.02. The van der Waals surface area contributed by atoms with Gasteiger partial charge in [-0.05, 0) is 37.1 Å². The van der Waals surface area contributed by atoms with Gasteiger partial charge >= 0.3 is 0 Å². The molecular formula is C13H16N2O. The number of carbonyl (C=O) groups excluding carboxylic acids is 1. The number of aromatic amines is 1. The number of hydrogen-bond donors (Lipinski definition) is 2. The normalized spacial score (nSPS) is 10.9. The van der Waals surface area contributed by atoms with E-state index in [1.807, 2.05) is 32.0 Å². The number of Topliss-reactive ketones (excluding diaryl/α,β-unsaturated/α-hetero) is 1. The molecule has 0 saturated carbocycles. The number of nitrogen functional groups attached to an aromatic ring is 1. The summed E-state index contributed by atoms with van der Waals surface area (Å²) in [7, 11) is 0. The molecule has 0 spiro atoms. The Labute approximate surface area is 94.6 Å². The van der Waals surface area contributed by atoms with E-state index < -0.39 is 0 Å². The Balaban J connectivity index is 2.51. The fraction of sp³-hybridized carbons (Fsp3) is 0.308. The molecule has 0 unspecified atom stereocenters. The van der Waals surface area contributed by atoms with Gasteiger partial charge in [-0.15, -0.1) is 0 Å². The summed E-state index contributed by atoms with van der Waals surface area (Å²) in [6.07, 6.45) is 1.44. The number of carbonyl (C=O) groups is 1. The topological polar surface area (TPSA) is 58.9 Å². The first-order valence-electron chi connectivity index (χ1n) is 5.54. The van der Waals surface area contributed by atoms with E-state index in [4.69, 9.17) is 5.73 Å². The molecular weight excluding hydrogens is 200 g/mol.